The van der Waals surface area contributed by atoms with Gasteiger partial charge in [0.25, 0.3) is 0 Å². The van der Waals surface area contributed by atoms with E-state index in [9.17, 15) is 4.79 Å². The number of carboxylic acid groups (broad SMARTS) is 1. The maximum atomic E-state index is 11.1. The van der Waals surface area contributed by atoms with Gasteiger partial charge in [0, 0.05) is 18.1 Å². The first-order chi connectivity index (χ1) is 11.0. The number of aromatic nitrogens is 3. The molecule has 0 radical (unpaired) electrons. The van der Waals surface area contributed by atoms with E-state index in [1.54, 1.807) is 29.1 Å². The molecule has 0 bridgehead atoms. The molecule has 1 atom stereocenters. The molecule has 1 aromatic carbocycles. The predicted octanol–water partition coefficient (Wildman–Crippen LogP) is 2.87. The van der Waals surface area contributed by atoms with Gasteiger partial charge in [-0.15, -0.1) is 5.10 Å². The van der Waals surface area contributed by atoms with Crippen LogP contribution in [0.5, 0.6) is 0 Å². The molecule has 23 heavy (non-hydrogen) atoms. The van der Waals surface area contributed by atoms with Crippen molar-refractivity contribution in [3.05, 3.63) is 40.1 Å². The minimum Gasteiger partial charge on any atom is -0.481 e. The van der Waals surface area contributed by atoms with Crippen LogP contribution in [0.25, 0.3) is 5.69 Å². The average Bonchev–Trinajstić information content (AvgIpc) is 2.95. The van der Waals surface area contributed by atoms with Gasteiger partial charge in [-0.1, -0.05) is 28.4 Å². The van der Waals surface area contributed by atoms with E-state index >= 15 is 0 Å². The van der Waals surface area contributed by atoms with Crippen molar-refractivity contribution in [1.29, 1.82) is 0 Å². The van der Waals surface area contributed by atoms with Crippen molar-refractivity contribution >= 4 is 29.2 Å². The fourth-order valence-corrected chi connectivity index (χ4v) is 3.28. The molecule has 0 amide bonds. The zero-order chi connectivity index (χ0) is 16.4. The molecule has 2 heterocycles. The summed E-state index contributed by atoms with van der Waals surface area (Å²) in [7, 11) is 0. The Kier molecular flexibility index (Phi) is 4.84. The molecule has 0 aliphatic carbocycles. The van der Waals surface area contributed by atoms with Crippen LogP contribution in [-0.2, 0) is 11.3 Å². The molecule has 1 unspecified atom stereocenters. The van der Waals surface area contributed by atoms with Crippen molar-refractivity contribution in [3.8, 4) is 5.69 Å². The highest BCUT2D eigenvalue weighted by molar-refractivity contribution is 6.35. The van der Waals surface area contributed by atoms with Gasteiger partial charge in [0.15, 0.2) is 0 Å². The summed E-state index contributed by atoms with van der Waals surface area (Å²) in [6, 6.07) is 5.18. The quantitative estimate of drug-likeness (QED) is 0.913. The van der Waals surface area contributed by atoms with Crippen LogP contribution in [0.1, 0.15) is 18.5 Å². The molecule has 2 aromatic rings. The molecule has 1 N–H and O–H groups in total. The van der Waals surface area contributed by atoms with E-state index in [-0.39, 0.29) is 5.92 Å². The van der Waals surface area contributed by atoms with Crippen molar-refractivity contribution in [2.75, 3.05) is 13.1 Å². The Balaban J connectivity index is 1.71. The fraction of sp³-hybridized carbons (Fsp3) is 0.400. The number of hydrogen-bond acceptors (Lipinski definition) is 4. The standard InChI is InChI=1S/C15H16Cl2N4O2/c16-11-3-4-14(13(17)6-11)21-9-12(18-19-21)8-20-5-1-2-10(7-20)15(22)23/h3-4,6,9-10H,1-2,5,7-8H2,(H,22,23). The van der Waals surface area contributed by atoms with Crippen LogP contribution < -0.4 is 0 Å². The fourth-order valence-electron chi connectivity index (χ4n) is 2.79. The number of carbonyl (C=O) groups is 1. The number of piperidine rings is 1. The summed E-state index contributed by atoms with van der Waals surface area (Å²) in [6.07, 6.45) is 3.42. The Hall–Kier alpha value is -1.63. The molecule has 6 nitrogen and oxygen atoms in total. The molecule has 8 heteroatoms. The van der Waals surface area contributed by atoms with Crippen LogP contribution in [-0.4, -0.2) is 44.1 Å². The number of nitrogens with zero attached hydrogens (tertiary/aromatic N) is 4. The van der Waals surface area contributed by atoms with Crippen molar-refractivity contribution in [2.24, 2.45) is 5.92 Å². The Labute approximate surface area is 143 Å². The minimum absolute atomic E-state index is 0.301. The maximum absolute atomic E-state index is 11.1. The Morgan fingerprint density at radius 1 is 1.39 bits per heavy atom. The maximum Gasteiger partial charge on any atom is 0.307 e. The number of rotatable bonds is 4. The largest absolute Gasteiger partial charge is 0.481 e. The lowest BCUT2D eigenvalue weighted by molar-refractivity contribution is -0.143. The van der Waals surface area contributed by atoms with Gasteiger partial charge in [-0.25, -0.2) is 4.68 Å². The highest BCUT2D eigenvalue weighted by atomic mass is 35.5. The summed E-state index contributed by atoms with van der Waals surface area (Å²) >= 11 is 12.1. The molecule has 0 saturated carbocycles. The second kappa shape index (κ2) is 6.86. The number of halogens is 2. The van der Waals surface area contributed by atoms with E-state index in [2.05, 4.69) is 15.2 Å². The SMILES string of the molecule is O=C(O)C1CCCN(Cc2cn(-c3ccc(Cl)cc3Cl)nn2)C1. The molecular formula is C15H16Cl2N4O2. The smallest absolute Gasteiger partial charge is 0.307 e. The first-order valence-corrected chi connectivity index (χ1v) is 8.10. The lowest BCUT2D eigenvalue weighted by Gasteiger charge is -2.29. The molecule has 1 aliphatic rings. The summed E-state index contributed by atoms with van der Waals surface area (Å²) in [4.78, 5) is 13.2. The lowest BCUT2D eigenvalue weighted by atomic mass is 9.98. The molecule has 122 valence electrons. The van der Waals surface area contributed by atoms with Gasteiger partial charge in [-0.3, -0.25) is 9.69 Å². The molecule has 3 rings (SSSR count). The van der Waals surface area contributed by atoms with E-state index in [0.29, 0.717) is 28.8 Å². The first-order valence-electron chi connectivity index (χ1n) is 7.35. The highest BCUT2D eigenvalue weighted by Gasteiger charge is 2.25. The molecule has 0 spiro atoms. The minimum atomic E-state index is -0.730. The van der Waals surface area contributed by atoms with Crippen LogP contribution in [0.4, 0.5) is 0 Å². The molecule has 1 aliphatic heterocycles. The van der Waals surface area contributed by atoms with Crippen molar-refractivity contribution < 1.29 is 9.90 Å². The highest BCUT2D eigenvalue weighted by Crippen LogP contribution is 2.24. The van der Waals surface area contributed by atoms with E-state index in [1.807, 2.05) is 0 Å². The third-order valence-corrected chi connectivity index (χ3v) is 4.48. The van der Waals surface area contributed by atoms with Crippen LogP contribution in [0.15, 0.2) is 24.4 Å². The molecule has 1 fully saturated rings. The molecule has 1 aromatic heterocycles. The van der Waals surface area contributed by atoms with Crippen LogP contribution in [0.3, 0.4) is 0 Å². The van der Waals surface area contributed by atoms with Crippen molar-refractivity contribution in [2.45, 2.75) is 19.4 Å². The predicted molar refractivity (Wildman–Crippen MR) is 87.0 cm³/mol. The van der Waals surface area contributed by atoms with Gasteiger partial charge in [0.05, 0.1) is 28.5 Å². The topological polar surface area (TPSA) is 71.2 Å². The summed E-state index contributed by atoms with van der Waals surface area (Å²) in [5.41, 5.74) is 1.49. The number of carboxylic acids is 1. The second-order valence-electron chi connectivity index (χ2n) is 5.66. The lowest BCUT2D eigenvalue weighted by Crippen LogP contribution is -2.38. The number of likely N-dealkylation sites (tertiary alicyclic amines) is 1. The third-order valence-electron chi connectivity index (χ3n) is 3.94. The van der Waals surface area contributed by atoms with Gasteiger partial charge in [0.2, 0.25) is 0 Å². The van der Waals surface area contributed by atoms with E-state index in [1.165, 1.54) is 0 Å². The van der Waals surface area contributed by atoms with Gasteiger partial charge in [0.1, 0.15) is 0 Å². The summed E-state index contributed by atoms with van der Waals surface area (Å²) < 4.78 is 1.60. The molecule has 1 saturated heterocycles. The number of aliphatic carboxylic acids is 1. The van der Waals surface area contributed by atoms with Crippen LogP contribution in [0.2, 0.25) is 10.0 Å². The van der Waals surface area contributed by atoms with Crippen LogP contribution in [0, 0.1) is 5.92 Å². The Morgan fingerprint density at radius 2 is 2.22 bits per heavy atom. The van der Waals surface area contributed by atoms with Gasteiger partial charge in [-0.05, 0) is 37.6 Å². The van der Waals surface area contributed by atoms with Crippen molar-refractivity contribution in [3.63, 3.8) is 0 Å². The van der Waals surface area contributed by atoms with Gasteiger partial charge in [-0.2, -0.15) is 0 Å². The van der Waals surface area contributed by atoms with Gasteiger partial charge < -0.3 is 5.11 Å². The molecular weight excluding hydrogens is 339 g/mol. The second-order valence-corrected chi connectivity index (χ2v) is 6.51. The zero-order valence-electron chi connectivity index (χ0n) is 12.3. The Morgan fingerprint density at radius 3 is 2.96 bits per heavy atom. The summed E-state index contributed by atoms with van der Waals surface area (Å²) in [5.74, 6) is -1.03. The first kappa shape index (κ1) is 16.2. The van der Waals surface area contributed by atoms with Crippen molar-refractivity contribution in [1.82, 2.24) is 19.9 Å². The summed E-state index contributed by atoms with van der Waals surface area (Å²) in [6.45, 7) is 2.00. The zero-order valence-corrected chi connectivity index (χ0v) is 13.8. The third kappa shape index (κ3) is 3.83. The normalized spacial score (nSPS) is 19.0. The Bertz CT molecular complexity index is 719. The summed E-state index contributed by atoms with van der Waals surface area (Å²) in [5, 5.41) is 18.4. The monoisotopic (exact) mass is 354 g/mol. The van der Waals surface area contributed by atoms with E-state index in [0.717, 1.165) is 25.1 Å². The average molecular weight is 355 g/mol. The van der Waals surface area contributed by atoms with E-state index < -0.39 is 5.97 Å². The number of hydrogen-bond donors (Lipinski definition) is 1. The number of benzene rings is 1. The van der Waals surface area contributed by atoms with Crippen LogP contribution >= 0.6 is 23.2 Å². The van der Waals surface area contributed by atoms with Gasteiger partial charge >= 0.3 is 5.97 Å². The van der Waals surface area contributed by atoms with E-state index in [4.69, 9.17) is 28.3 Å².